The van der Waals surface area contributed by atoms with Crippen LogP contribution < -0.4 is 10.9 Å². The Morgan fingerprint density at radius 3 is 2.81 bits per heavy atom. The van der Waals surface area contributed by atoms with Crippen molar-refractivity contribution in [2.45, 2.75) is 20.4 Å². The molecule has 6 nitrogen and oxygen atoms in total. The molecule has 0 aliphatic rings. The van der Waals surface area contributed by atoms with Crippen LogP contribution in [0.1, 0.15) is 21.6 Å². The van der Waals surface area contributed by atoms with Crippen molar-refractivity contribution in [3.63, 3.8) is 0 Å². The summed E-state index contributed by atoms with van der Waals surface area (Å²) in [7, 11) is 1.58. The third-order valence-electron chi connectivity index (χ3n) is 4.34. The number of hydrogen-bond donors (Lipinski definition) is 1. The number of nitrogens with one attached hydrogen (secondary N) is 1. The second kappa shape index (κ2) is 7.49. The fourth-order valence-electron chi connectivity index (χ4n) is 3.06. The van der Waals surface area contributed by atoms with Crippen LogP contribution in [-0.2, 0) is 11.3 Å². The number of benzene rings is 1. The van der Waals surface area contributed by atoms with Crippen LogP contribution in [0, 0.1) is 13.8 Å². The zero-order valence-electron chi connectivity index (χ0n) is 15.1. The van der Waals surface area contributed by atoms with E-state index in [-0.39, 0.29) is 11.1 Å². The lowest BCUT2D eigenvalue weighted by atomic mass is 10.1. The molecule has 1 N–H and O–H groups in total. The number of fused-ring (bicyclic) bond motifs is 1. The van der Waals surface area contributed by atoms with Crippen molar-refractivity contribution in [3.8, 4) is 0 Å². The van der Waals surface area contributed by atoms with Crippen molar-refractivity contribution < 1.29 is 9.53 Å². The van der Waals surface area contributed by atoms with Crippen molar-refractivity contribution in [3.05, 3.63) is 69.8 Å². The molecule has 134 valence electrons. The molecule has 6 heteroatoms. The van der Waals surface area contributed by atoms with Gasteiger partial charge in [0.25, 0.3) is 11.5 Å². The van der Waals surface area contributed by atoms with E-state index < -0.39 is 5.91 Å². The van der Waals surface area contributed by atoms with Crippen LogP contribution in [0.25, 0.3) is 10.9 Å². The van der Waals surface area contributed by atoms with Gasteiger partial charge in [0, 0.05) is 30.9 Å². The molecule has 0 aliphatic heterocycles. The number of rotatable bonds is 5. The fraction of sp³-hybridized carbons (Fsp3) is 0.250. The van der Waals surface area contributed by atoms with Gasteiger partial charge in [-0.2, -0.15) is 0 Å². The van der Waals surface area contributed by atoms with Gasteiger partial charge < -0.3 is 14.6 Å². The number of ether oxygens (including phenoxy) is 1. The first-order valence-corrected chi connectivity index (χ1v) is 8.38. The molecule has 1 amide bonds. The van der Waals surface area contributed by atoms with Gasteiger partial charge in [-0.25, -0.2) is 0 Å². The van der Waals surface area contributed by atoms with E-state index in [1.54, 1.807) is 30.9 Å². The Kier molecular flexibility index (Phi) is 5.14. The van der Waals surface area contributed by atoms with Gasteiger partial charge >= 0.3 is 0 Å². The van der Waals surface area contributed by atoms with Crippen LogP contribution in [-0.4, -0.2) is 29.2 Å². The molecule has 0 unspecified atom stereocenters. The summed E-state index contributed by atoms with van der Waals surface area (Å²) < 4.78 is 6.63. The smallest absolute Gasteiger partial charge is 0.263 e. The van der Waals surface area contributed by atoms with Gasteiger partial charge in [-0.1, -0.05) is 6.07 Å². The summed E-state index contributed by atoms with van der Waals surface area (Å²) in [6, 6.07) is 11.0. The van der Waals surface area contributed by atoms with Gasteiger partial charge in [0.2, 0.25) is 0 Å². The van der Waals surface area contributed by atoms with Crippen LogP contribution >= 0.6 is 0 Å². The highest BCUT2D eigenvalue weighted by Gasteiger charge is 2.18. The lowest BCUT2D eigenvalue weighted by molar-refractivity contribution is 0.102. The second-order valence-electron chi connectivity index (χ2n) is 6.12. The number of carbonyl (C=O) groups is 1. The van der Waals surface area contributed by atoms with Crippen molar-refractivity contribution in [1.82, 2.24) is 9.55 Å². The van der Waals surface area contributed by atoms with E-state index in [0.29, 0.717) is 24.4 Å². The summed E-state index contributed by atoms with van der Waals surface area (Å²) in [6.07, 6.45) is 1.70. The summed E-state index contributed by atoms with van der Waals surface area (Å²) in [5.74, 6) is -0.421. The van der Waals surface area contributed by atoms with Crippen LogP contribution in [0.2, 0.25) is 0 Å². The highest BCUT2D eigenvalue weighted by Crippen LogP contribution is 2.22. The van der Waals surface area contributed by atoms with Crippen molar-refractivity contribution >= 4 is 22.5 Å². The molecular formula is C20H21N3O3. The van der Waals surface area contributed by atoms with Crippen LogP contribution in [0.5, 0.6) is 0 Å². The minimum atomic E-state index is -0.421. The van der Waals surface area contributed by atoms with E-state index in [1.807, 2.05) is 37.3 Å². The summed E-state index contributed by atoms with van der Waals surface area (Å²) >= 11 is 0. The molecule has 26 heavy (non-hydrogen) atoms. The van der Waals surface area contributed by atoms with Gasteiger partial charge in [-0.15, -0.1) is 0 Å². The maximum absolute atomic E-state index is 12.9. The molecule has 0 fully saturated rings. The highest BCUT2D eigenvalue weighted by molar-refractivity contribution is 6.09. The zero-order chi connectivity index (χ0) is 18.7. The molecule has 0 atom stereocenters. The summed E-state index contributed by atoms with van der Waals surface area (Å²) in [5, 5.41) is 3.69. The third-order valence-corrected chi connectivity index (χ3v) is 4.34. The van der Waals surface area contributed by atoms with Gasteiger partial charge in [-0.05, 0) is 49.7 Å². The maximum atomic E-state index is 12.9. The quantitative estimate of drug-likeness (QED) is 0.767. The van der Waals surface area contributed by atoms with Gasteiger partial charge in [0.05, 0.1) is 17.8 Å². The lowest BCUT2D eigenvalue weighted by Crippen LogP contribution is -2.32. The molecule has 2 heterocycles. The Bertz CT molecular complexity index is 1020. The Morgan fingerprint density at radius 2 is 2.04 bits per heavy atom. The maximum Gasteiger partial charge on any atom is 0.263 e. The number of aryl methyl sites for hydroxylation is 2. The molecule has 3 aromatic rings. The minimum Gasteiger partial charge on any atom is -0.383 e. The molecule has 0 bridgehead atoms. The number of pyridine rings is 2. The molecule has 1 aromatic carbocycles. The molecule has 3 rings (SSSR count). The van der Waals surface area contributed by atoms with E-state index >= 15 is 0 Å². The van der Waals surface area contributed by atoms with Gasteiger partial charge in [0.1, 0.15) is 5.56 Å². The molecule has 0 spiro atoms. The van der Waals surface area contributed by atoms with Crippen molar-refractivity contribution in [1.29, 1.82) is 0 Å². The minimum absolute atomic E-state index is 0.146. The van der Waals surface area contributed by atoms with Gasteiger partial charge in [-0.3, -0.25) is 14.6 Å². The average molecular weight is 351 g/mol. The Balaban J connectivity index is 2.01. The number of hydrogen-bond acceptors (Lipinski definition) is 4. The number of nitrogens with zero attached hydrogens (tertiary/aromatic N) is 2. The molecule has 0 saturated carbocycles. The number of carbonyl (C=O) groups excluding carboxylic acids is 1. The zero-order valence-corrected chi connectivity index (χ0v) is 15.1. The Morgan fingerprint density at radius 1 is 1.23 bits per heavy atom. The summed E-state index contributed by atoms with van der Waals surface area (Å²) in [4.78, 5) is 30.0. The van der Waals surface area contributed by atoms with Crippen molar-refractivity contribution in [2.75, 3.05) is 19.0 Å². The number of anilines is 1. The molecule has 0 radical (unpaired) electrons. The predicted octanol–water partition coefficient (Wildman–Crippen LogP) is 2.91. The first kappa shape index (κ1) is 17.8. The Labute approximate surface area is 151 Å². The molecule has 0 saturated heterocycles. The van der Waals surface area contributed by atoms with Gasteiger partial charge in [0.15, 0.2) is 0 Å². The van der Waals surface area contributed by atoms with Crippen LogP contribution in [0.3, 0.4) is 0 Å². The first-order chi connectivity index (χ1) is 12.5. The molecular weight excluding hydrogens is 330 g/mol. The third kappa shape index (κ3) is 3.36. The topological polar surface area (TPSA) is 73.2 Å². The van der Waals surface area contributed by atoms with E-state index in [2.05, 4.69) is 10.3 Å². The number of amides is 1. The lowest BCUT2D eigenvalue weighted by Gasteiger charge is -2.14. The second-order valence-corrected chi connectivity index (χ2v) is 6.12. The Hall–Kier alpha value is -2.99. The summed E-state index contributed by atoms with van der Waals surface area (Å²) in [5.41, 5.74) is 2.70. The largest absolute Gasteiger partial charge is 0.383 e. The number of methoxy groups -OCH3 is 1. The van der Waals surface area contributed by atoms with E-state index in [1.165, 1.54) is 0 Å². The van der Waals surface area contributed by atoms with E-state index in [4.69, 9.17) is 4.74 Å². The molecule has 0 aliphatic carbocycles. The van der Waals surface area contributed by atoms with E-state index in [0.717, 1.165) is 16.6 Å². The standard InChI is InChI=1S/C20H21N3O3/c1-13-12-14(2)23(10-11-26-3)20(25)18(13)19(24)22-17-8-4-7-16-15(17)6-5-9-21-16/h4-9,12H,10-11H2,1-3H3,(H,22,24). The summed E-state index contributed by atoms with van der Waals surface area (Å²) in [6.45, 7) is 4.43. The fourth-order valence-corrected chi connectivity index (χ4v) is 3.06. The number of aromatic nitrogens is 2. The highest BCUT2D eigenvalue weighted by atomic mass is 16.5. The SMILES string of the molecule is COCCn1c(C)cc(C)c(C(=O)Nc2cccc3ncccc23)c1=O. The average Bonchev–Trinajstić information content (AvgIpc) is 2.61. The van der Waals surface area contributed by atoms with E-state index in [9.17, 15) is 9.59 Å². The molecule has 2 aromatic heterocycles. The van der Waals surface area contributed by atoms with Crippen molar-refractivity contribution in [2.24, 2.45) is 0 Å². The normalized spacial score (nSPS) is 10.9. The van der Waals surface area contributed by atoms with Crippen LogP contribution in [0.15, 0.2) is 47.4 Å². The monoisotopic (exact) mass is 351 g/mol. The predicted molar refractivity (Wildman–Crippen MR) is 102 cm³/mol. The van der Waals surface area contributed by atoms with Crippen LogP contribution in [0.4, 0.5) is 5.69 Å². The first-order valence-electron chi connectivity index (χ1n) is 8.38.